The normalized spacial score (nSPS) is 11.6. The molecule has 5 nitrogen and oxygen atoms in total. The van der Waals surface area contributed by atoms with E-state index < -0.39 is 11.4 Å². The van der Waals surface area contributed by atoms with Crippen LogP contribution in [0.2, 0.25) is 0 Å². The summed E-state index contributed by atoms with van der Waals surface area (Å²) in [6, 6.07) is 5.86. The highest BCUT2D eigenvalue weighted by Gasteiger charge is 2.37. The van der Waals surface area contributed by atoms with Gasteiger partial charge in [-0.15, -0.1) is 0 Å². The molecule has 0 atom stereocenters. The maximum atomic E-state index is 13.2. The Labute approximate surface area is 121 Å². The number of hydrogen-bond acceptors (Lipinski definition) is 4. The summed E-state index contributed by atoms with van der Waals surface area (Å²) in [4.78, 5) is 15.6. The Bertz CT molecular complexity index is 635. The van der Waals surface area contributed by atoms with Crippen LogP contribution in [-0.2, 0) is 11.2 Å². The Morgan fingerprint density at radius 1 is 1.38 bits per heavy atom. The molecule has 1 heterocycles. The van der Waals surface area contributed by atoms with Gasteiger partial charge < -0.3 is 9.63 Å². The van der Waals surface area contributed by atoms with Gasteiger partial charge in [0.2, 0.25) is 11.7 Å². The van der Waals surface area contributed by atoms with Crippen molar-refractivity contribution in [2.24, 2.45) is 5.41 Å². The first-order chi connectivity index (χ1) is 10.0. The second-order valence-electron chi connectivity index (χ2n) is 4.99. The standard InChI is InChI=1S/C15H17FN2O3/c1-3-15(4-2,14(19)20)9-12-17-13(18-21-12)10-6-5-7-11(16)8-10/h5-8H,3-4,9H2,1-2H3,(H,19,20). The topological polar surface area (TPSA) is 76.2 Å². The third-order valence-electron chi connectivity index (χ3n) is 3.85. The van der Waals surface area contributed by atoms with Crippen molar-refractivity contribution >= 4 is 5.97 Å². The van der Waals surface area contributed by atoms with Crippen LogP contribution < -0.4 is 0 Å². The van der Waals surface area contributed by atoms with E-state index in [4.69, 9.17) is 4.52 Å². The number of halogens is 1. The van der Waals surface area contributed by atoms with Crippen molar-refractivity contribution < 1.29 is 18.8 Å². The number of carboxylic acid groups (broad SMARTS) is 1. The van der Waals surface area contributed by atoms with Crippen molar-refractivity contribution in [1.82, 2.24) is 10.1 Å². The SMILES string of the molecule is CCC(CC)(Cc1nc(-c2cccc(F)c2)no1)C(=O)O. The molecule has 21 heavy (non-hydrogen) atoms. The van der Waals surface area contributed by atoms with Gasteiger partial charge in [0, 0.05) is 12.0 Å². The summed E-state index contributed by atoms with van der Waals surface area (Å²) >= 11 is 0. The fraction of sp³-hybridized carbons (Fsp3) is 0.400. The highest BCUT2D eigenvalue weighted by Crippen LogP contribution is 2.31. The molecule has 0 spiro atoms. The van der Waals surface area contributed by atoms with Crippen LogP contribution in [0.15, 0.2) is 28.8 Å². The van der Waals surface area contributed by atoms with E-state index in [2.05, 4.69) is 10.1 Å². The number of aromatic nitrogens is 2. The fourth-order valence-electron chi connectivity index (χ4n) is 2.24. The first kappa shape index (κ1) is 15.2. The van der Waals surface area contributed by atoms with E-state index in [0.717, 1.165) is 0 Å². The molecular weight excluding hydrogens is 275 g/mol. The summed E-state index contributed by atoms with van der Waals surface area (Å²) in [5.41, 5.74) is -0.412. The van der Waals surface area contributed by atoms with Gasteiger partial charge in [0.15, 0.2) is 0 Å². The number of nitrogens with zero attached hydrogens (tertiary/aromatic N) is 2. The minimum Gasteiger partial charge on any atom is -0.481 e. The summed E-state index contributed by atoms with van der Waals surface area (Å²) in [7, 11) is 0. The quantitative estimate of drug-likeness (QED) is 0.884. The maximum absolute atomic E-state index is 13.2. The molecule has 2 rings (SSSR count). The highest BCUT2D eigenvalue weighted by atomic mass is 19.1. The maximum Gasteiger partial charge on any atom is 0.310 e. The van der Waals surface area contributed by atoms with E-state index in [1.54, 1.807) is 12.1 Å². The van der Waals surface area contributed by atoms with Crippen LogP contribution in [0.5, 0.6) is 0 Å². The van der Waals surface area contributed by atoms with Crippen LogP contribution >= 0.6 is 0 Å². The largest absolute Gasteiger partial charge is 0.481 e. The third-order valence-corrected chi connectivity index (χ3v) is 3.85. The second kappa shape index (κ2) is 6.03. The van der Waals surface area contributed by atoms with E-state index in [9.17, 15) is 14.3 Å². The van der Waals surface area contributed by atoms with Crippen molar-refractivity contribution in [3.8, 4) is 11.4 Å². The van der Waals surface area contributed by atoms with Crippen LogP contribution in [0.4, 0.5) is 4.39 Å². The summed E-state index contributed by atoms with van der Waals surface area (Å²) in [6.07, 6.45) is 1.10. The average Bonchev–Trinajstić information content (AvgIpc) is 2.93. The number of carbonyl (C=O) groups is 1. The molecule has 2 aromatic rings. The summed E-state index contributed by atoms with van der Waals surface area (Å²) in [6.45, 7) is 3.64. The van der Waals surface area contributed by atoms with E-state index >= 15 is 0 Å². The van der Waals surface area contributed by atoms with Gasteiger partial charge in [-0.25, -0.2) is 4.39 Å². The Kier molecular flexibility index (Phi) is 4.35. The Hall–Kier alpha value is -2.24. The van der Waals surface area contributed by atoms with Gasteiger partial charge in [-0.2, -0.15) is 4.98 Å². The van der Waals surface area contributed by atoms with Crippen LogP contribution in [0.25, 0.3) is 11.4 Å². The van der Waals surface area contributed by atoms with Gasteiger partial charge in [0.05, 0.1) is 5.41 Å². The molecule has 0 radical (unpaired) electrons. The van der Waals surface area contributed by atoms with E-state index in [1.807, 2.05) is 13.8 Å². The number of rotatable bonds is 6. The molecule has 0 aliphatic carbocycles. The second-order valence-corrected chi connectivity index (χ2v) is 4.99. The fourth-order valence-corrected chi connectivity index (χ4v) is 2.24. The molecule has 0 saturated heterocycles. The van der Waals surface area contributed by atoms with E-state index in [-0.39, 0.29) is 24.0 Å². The molecule has 0 bridgehead atoms. The predicted molar refractivity (Wildman–Crippen MR) is 74.0 cm³/mol. The molecule has 6 heteroatoms. The molecule has 0 saturated carbocycles. The van der Waals surface area contributed by atoms with Crippen LogP contribution in [-0.4, -0.2) is 21.2 Å². The van der Waals surface area contributed by atoms with Gasteiger partial charge in [0.1, 0.15) is 5.82 Å². The highest BCUT2D eigenvalue weighted by molar-refractivity contribution is 5.74. The molecule has 1 aromatic carbocycles. The van der Waals surface area contributed by atoms with Gasteiger partial charge in [-0.3, -0.25) is 4.79 Å². The zero-order valence-corrected chi connectivity index (χ0v) is 12.0. The molecule has 0 unspecified atom stereocenters. The number of benzene rings is 1. The lowest BCUT2D eigenvalue weighted by Crippen LogP contribution is -2.32. The molecule has 112 valence electrons. The van der Waals surface area contributed by atoms with Gasteiger partial charge >= 0.3 is 5.97 Å². The van der Waals surface area contributed by atoms with Gasteiger partial charge in [-0.05, 0) is 25.0 Å². The Morgan fingerprint density at radius 2 is 2.10 bits per heavy atom. The van der Waals surface area contributed by atoms with Gasteiger partial charge in [0.25, 0.3) is 0 Å². The third kappa shape index (κ3) is 3.09. The lowest BCUT2D eigenvalue weighted by molar-refractivity contribution is -0.149. The summed E-state index contributed by atoms with van der Waals surface area (Å²) in [5, 5.41) is 13.2. The molecule has 1 N–H and O–H groups in total. The number of carboxylic acids is 1. The minimum absolute atomic E-state index is 0.164. The molecular formula is C15H17FN2O3. The van der Waals surface area contributed by atoms with E-state index in [1.165, 1.54) is 12.1 Å². The zero-order valence-electron chi connectivity index (χ0n) is 12.0. The van der Waals surface area contributed by atoms with Crippen molar-refractivity contribution in [3.05, 3.63) is 36.0 Å². The number of aliphatic carboxylic acids is 1. The molecule has 0 amide bonds. The summed E-state index contributed by atoms with van der Waals surface area (Å²) in [5.74, 6) is -0.754. The van der Waals surface area contributed by atoms with Gasteiger partial charge in [-0.1, -0.05) is 31.1 Å². The van der Waals surface area contributed by atoms with Crippen molar-refractivity contribution in [1.29, 1.82) is 0 Å². The monoisotopic (exact) mass is 292 g/mol. The van der Waals surface area contributed by atoms with Crippen LogP contribution in [0.1, 0.15) is 32.6 Å². The van der Waals surface area contributed by atoms with Crippen molar-refractivity contribution in [3.63, 3.8) is 0 Å². The lowest BCUT2D eigenvalue weighted by Gasteiger charge is -2.24. The molecule has 0 fully saturated rings. The average molecular weight is 292 g/mol. The van der Waals surface area contributed by atoms with E-state index in [0.29, 0.717) is 18.4 Å². The zero-order chi connectivity index (χ0) is 15.5. The summed E-state index contributed by atoms with van der Waals surface area (Å²) < 4.78 is 18.3. The Balaban J connectivity index is 2.26. The number of hydrogen-bond donors (Lipinski definition) is 1. The first-order valence-electron chi connectivity index (χ1n) is 6.82. The first-order valence-corrected chi connectivity index (χ1v) is 6.82. The van der Waals surface area contributed by atoms with Crippen molar-refractivity contribution in [2.75, 3.05) is 0 Å². The van der Waals surface area contributed by atoms with Crippen LogP contribution in [0.3, 0.4) is 0 Å². The lowest BCUT2D eigenvalue weighted by atomic mass is 9.79. The molecule has 0 aliphatic rings. The minimum atomic E-state index is -0.911. The predicted octanol–water partition coefficient (Wildman–Crippen LogP) is 3.31. The van der Waals surface area contributed by atoms with Crippen LogP contribution in [0, 0.1) is 11.2 Å². The Morgan fingerprint density at radius 3 is 2.67 bits per heavy atom. The molecule has 1 aromatic heterocycles. The molecule has 0 aliphatic heterocycles. The smallest absolute Gasteiger partial charge is 0.310 e. The van der Waals surface area contributed by atoms with Crippen molar-refractivity contribution in [2.45, 2.75) is 33.1 Å².